The molecule has 3 aliphatic heterocycles. The standard InChI is InChI=1S/C39H35F2N11O2/c1-21-16-24(40)8-9-30(21)52-14-12-51(13-15-52)20-32-44-29-18-23(17-27-34(29)37(46-32)48-50-39(27)54)25-5-2-4-22(35(25)41)10-11-42-19-31-43-28-7-3-6-26-33(28)36(45-31)47-49-38(26)53/h2-9,12,14,17-18,21,42H,10-11,13,15-16,19-20H2,1H3,(H,49,53)(H,50,54)(H,43,45,47)(H,44,46,48). The van der Waals surface area contributed by atoms with Gasteiger partial charge in [0.2, 0.25) is 0 Å². The highest BCUT2D eigenvalue weighted by Crippen LogP contribution is 2.38. The van der Waals surface area contributed by atoms with Gasteiger partial charge in [0.15, 0.2) is 11.6 Å². The molecule has 2 aromatic heterocycles. The molecule has 5 N–H and O–H groups in total. The van der Waals surface area contributed by atoms with Gasteiger partial charge in [-0.1, -0.05) is 31.2 Å². The Morgan fingerprint density at radius 3 is 2.41 bits per heavy atom. The van der Waals surface area contributed by atoms with Crippen molar-refractivity contribution in [2.24, 2.45) is 15.9 Å². The molecule has 0 saturated heterocycles. The second-order valence-corrected chi connectivity index (χ2v) is 13.8. The first-order valence-corrected chi connectivity index (χ1v) is 17.8. The number of nitrogens with one attached hydrogen (secondary N) is 5. The fourth-order valence-corrected chi connectivity index (χ4v) is 7.49. The maximum Gasteiger partial charge on any atom is 0.272 e. The lowest BCUT2D eigenvalue weighted by atomic mass is 9.97. The van der Waals surface area contributed by atoms with E-state index in [1.807, 2.05) is 43.6 Å². The normalized spacial score (nSPS) is 17.5. The minimum Gasteiger partial charge on any atom is -0.367 e. The first-order chi connectivity index (χ1) is 26.3. The van der Waals surface area contributed by atoms with Crippen molar-refractivity contribution in [2.75, 3.05) is 43.4 Å². The average molecular weight is 728 g/mol. The number of halogens is 2. The van der Waals surface area contributed by atoms with Gasteiger partial charge in [-0.05, 0) is 60.5 Å². The summed E-state index contributed by atoms with van der Waals surface area (Å²) >= 11 is 0. The highest BCUT2D eigenvalue weighted by Gasteiger charge is 2.25. The predicted molar refractivity (Wildman–Crippen MR) is 207 cm³/mol. The van der Waals surface area contributed by atoms with Crippen LogP contribution < -0.4 is 27.1 Å². The summed E-state index contributed by atoms with van der Waals surface area (Å²) in [4.78, 5) is 38.8. The van der Waals surface area contributed by atoms with Gasteiger partial charge in [-0.15, -0.1) is 0 Å². The van der Waals surface area contributed by atoms with Crippen LogP contribution in [0.2, 0.25) is 0 Å². The third kappa shape index (κ3) is 6.11. The SMILES string of the molecule is CC1CC(F)=CC=C1N1C=CN(CC2=Nc3n[nH]c(=O)c4cc(-c5cccc(CCNCC6=Nc7n[nH]c(=O)c8cccc(c78)N6)c5F)cc(c34)N2)CC1. The third-order valence-corrected chi connectivity index (χ3v) is 10.2. The molecule has 1 atom stereocenters. The van der Waals surface area contributed by atoms with Crippen molar-refractivity contribution in [1.29, 1.82) is 0 Å². The summed E-state index contributed by atoms with van der Waals surface area (Å²) in [6.45, 7) is 4.78. The summed E-state index contributed by atoms with van der Waals surface area (Å²) in [5.41, 5.74) is 3.25. The fraction of sp³-hybridized carbons (Fsp3) is 0.231. The molecule has 272 valence electrons. The number of hydrogen-bond acceptors (Lipinski definition) is 11. The Morgan fingerprint density at radius 1 is 0.852 bits per heavy atom. The molecule has 0 saturated carbocycles. The number of hydrogen-bond donors (Lipinski definition) is 5. The number of aromatic amines is 2. The summed E-state index contributed by atoms with van der Waals surface area (Å²) in [6, 6.07) is 14.2. The lowest BCUT2D eigenvalue weighted by molar-refractivity contribution is 0.293. The van der Waals surface area contributed by atoms with E-state index in [1.165, 1.54) is 6.08 Å². The van der Waals surface area contributed by atoms with Crippen LogP contribution in [0.25, 0.3) is 32.7 Å². The van der Waals surface area contributed by atoms with E-state index in [0.29, 0.717) is 99.7 Å². The lowest BCUT2D eigenvalue weighted by Gasteiger charge is -2.36. The summed E-state index contributed by atoms with van der Waals surface area (Å²) in [5.74, 6) is 1.72. The maximum absolute atomic E-state index is 16.2. The van der Waals surface area contributed by atoms with Crippen molar-refractivity contribution >= 4 is 56.2 Å². The fourth-order valence-electron chi connectivity index (χ4n) is 7.49. The molecule has 1 unspecified atom stereocenters. The van der Waals surface area contributed by atoms with Gasteiger partial charge in [0.05, 0.1) is 46.0 Å². The number of benzene rings is 3. The van der Waals surface area contributed by atoms with E-state index in [4.69, 9.17) is 4.99 Å². The molecule has 0 amide bonds. The van der Waals surface area contributed by atoms with Crippen LogP contribution in [0.5, 0.6) is 0 Å². The highest BCUT2D eigenvalue weighted by atomic mass is 19.1. The summed E-state index contributed by atoms with van der Waals surface area (Å²) in [6.07, 6.45) is 8.19. The zero-order valence-corrected chi connectivity index (χ0v) is 29.2. The Kier molecular flexibility index (Phi) is 8.34. The zero-order valence-electron chi connectivity index (χ0n) is 29.2. The molecule has 13 nitrogen and oxygen atoms in total. The molecule has 0 radical (unpaired) electrons. The molecule has 5 heterocycles. The third-order valence-electron chi connectivity index (χ3n) is 10.2. The number of nitrogens with zero attached hydrogens (tertiary/aromatic N) is 6. The topological polar surface area (TPSA) is 159 Å². The van der Waals surface area contributed by atoms with E-state index >= 15 is 4.39 Å². The van der Waals surface area contributed by atoms with E-state index in [1.54, 1.807) is 30.3 Å². The smallest absolute Gasteiger partial charge is 0.272 e. The van der Waals surface area contributed by atoms with Gasteiger partial charge >= 0.3 is 0 Å². The number of amidine groups is 2. The summed E-state index contributed by atoms with van der Waals surface area (Å²) in [7, 11) is 0. The zero-order chi connectivity index (χ0) is 36.9. The van der Waals surface area contributed by atoms with Crippen molar-refractivity contribution in [3.8, 4) is 11.1 Å². The largest absolute Gasteiger partial charge is 0.367 e. The van der Waals surface area contributed by atoms with Gasteiger partial charge in [-0.3, -0.25) is 9.59 Å². The Morgan fingerprint density at radius 2 is 1.61 bits per heavy atom. The molecule has 9 rings (SSSR count). The van der Waals surface area contributed by atoms with E-state index in [-0.39, 0.29) is 23.1 Å². The molecule has 3 aromatic carbocycles. The maximum atomic E-state index is 16.2. The van der Waals surface area contributed by atoms with Crippen molar-refractivity contribution in [1.82, 2.24) is 35.5 Å². The number of rotatable bonds is 9. The quantitative estimate of drug-likeness (QED) is 0.122. The second-order valence-electron chi connectivity index (χ2n) is 13.8. The van der Waals surface area contributed by atoms with Gasteiger partial charge < -0.3 is 25.8 Å². The van der Waals surface area contributed by atoms with E-state index < -0.39 is 5.56 Å². The molecular weight excluding hydrogens is 692 g/mol. The van der Waals surface area contributed by atoms with Gasteiger partial charge in [0.25, 0.3) is 11.1 Å². The molecule has 0 bridgehead atoms. The molecule has 15 heteroatoms. The average Bonchev–Trinajstić information content (AvgIpc) is 3.17. The predicted octanol–water partition coefficient (Wildman–Crippen LogP) is 5.57. The first kappa shape index (κ1) is 33.4. The summed E-state index contributed by atoms with van der Waals surface area (Å²) in [5, 5.41) is 25.5. The van der Waals surface area contributed by atoms with Crippen molar-refractivity contribution in [3.63, 3.8) is 0 Å². The summed E-state index contributed by atoms with van der Waals surface area (Å²) < 4.78 is 29.9. The minimum atomic E-state index is -0.391. The Balaban J connectivity index is 0.899. The second kappa shape index (κ2) is 13.5. The number of allylic oxidation sites excluding steroid dienone is 4. The number of anilines is 2. The van der Waals surface area contributed by atoms with Crippen LogP contribution in [0.15, 0.2) is 104 Å². The van der Waals surface area contributed by atoms with Crippen molar-refractivity contribution in [2.45, 2.75) is 19.8 Å². The van der Waals surface area contributed by atoms with Gasteiger partial charge in [-0.25, -0.2) is 29.0 Å². The molecule has 4 aliphatic rings. The highest BCUT2D eigenvalue weighted by molar-refractivity contribution is 6.14. The molecule has 54 heavy (non-hydrogen) atoms. The van der Waals surface area contributed by atoms with E-state index in [0.717, 1.165) is 24.5 Å². The van der Waals surface area contributed by atoms with E-state index in [9.17, 15) is 14.0 Å². The van der Waals surface area contributed by atoms with Gasteiger partial charge in [0.1, 0.15) is 23.3 Å². The van der Waals surface area contributed by atoms with Crippen molar-refractivity contribution in [3.05, 3.63) is 117 Å². The molecular formula is C39H35F2N11O2. The molecule has 5 aromatic rings. The van der Waals surface area contributed by atoms with Crippen molar-refractivity contribution < 1.29 is 8.78 Å². The molecule has 0 fully saturated rings. The Bertz CT molecular complexity index is 2640. The van der Waals surface area contributed by atoms with Gasteiger partial charge in [-0.2, -0.15) is 10.2 Å². The minimum absolute atomic E-state index is 0.0979. The lowest BCUT2D eigenvalue weighted by Crippen LogP contribution is -2.39. The molecule has 1 aliphatic carbocycles. The van der Waals surface area contributed by atoms with Crippen LogP contribution in [0, 0.1) is 11.7 Å². The van der Waals surface area contributed by atoms with Crippen LogP contribution in [0.1, 0.15) is 18.9 Å². The number of H-pyrrole nitrogens is 2. The van der Waals surface area contributed by atoms with Crippen LogP contribution in [0.3, 0.4) is 0 Å². The monoisotopic (exact) mass is 727 g/mol. The van der Waals surface area contributed by atoms with Crippen LogP contribution in [-0.2, 0) is 6.42 Å². The number of aromatic nitrogens is 4. The van der Waals surface area contributed by atoms with Gasteiger partial charge in [0, 0.05) is 49.1 Å². The van der Waals surface area contributed by atoms with E-state index in [2.05, 4.69) is 51.1 Å². The Hall–Kier alpha value is -6.48. The van der Waals surface area contributed by atoms with Crippen LogP contribution >= 0.6 is 0 Å². The van der Waals surface area contributed by atoms with Crippen LogP contribution in [0.4, 0.5) is 31.8 Å². The Labute approximate surface area is 306 Å². The number of aliphatic imine (C=N–C) groups is 2. The molecule has 0 spiro atoms. The van der Waals surface area contributed by atoms with Crippen LogP contribution in [-0.4, -0.2) is 74.6 Å². The first-order valence-electron chi connectivity index (χ1n) is 17.8.